The van der Waals surface area contributed by atoms with Crippen molar-refractivity contribution in [1.82, 2.24) is 14.7 Å². The zero-order valence-corrected chi connectivity index (χ0v) is 23.2. The predicted octanol–water partition coefficient (Wildman–Crippen LogP) is 4.67. The van der Waals surface area contributed by atoms with Gasteiger partial charge in [0.2, 0.25) is 11.8 Å². The first-order chi connectivity index (χ1) is 18.5. The molecule has 0 saturated carbocycles. The highest BCUT2D eigenvalue weighted by Gasteiger charge is 2.32. The van der Waals surface area contributed by atoms with E-state index in [0.717, 1.165) is 25.1 Å². The highest BCUT2D eigenvalue weighted by atomic mass is 32.1. The standard InChI is InChI=1S/C31H37N3O3S/c1-23-8-10-26(11-9-23)31-27-14-19-38-28(27)12-15-32(31)16-13-29(35)33-17-18-34(24(2)20-33)30(36)22-37-21-25-6-4-3-5-7-25/h3-11,14,19,24,31H,12-13,15-18,20-22H2,1-2H3/t24-,31-/m0/s1. The number of piperazine rings is 1. The molecule has 0 radical (unpaired) electrons. The first kappa shape index (κ1) is 26.6. The summed E-state index contributed by atoms with van der Waals surface area (Å²) in [5.74, 6) is 0.157. The minimum atomic E-state index is -0.0239. The van der Waals surface area contributed by atoms with Crippen LogP contribution in [0.1, 0.15) is 46.5 Å². The van der Waals surface area contributed by atoms with Crippen LogP contribution in [0.5, 0.6) is 0 Å². The van der Waals surface area contributed by atoms with Gasteiger partial charge in [0.15, 0.2) is 0 Å². The van der Waals surface area contributed by atoms with Gasteiger partial charge in [0.1, 0.15) is 6.61 Å². The van der Waals surface area contributed by atoms with Crippen LogP contribution in [0.25, 0.3) is 0 Å². The largest absolute Gasteiger partial charge is 0.367 e. The molecular formula is C31H37N3O3S. The summed E-state index contributed by atoms with van der Waals surface area (Å²) in [7, 11) is 0. The van der Waals surface area contributed by atoms with Crippen LogP contribution in [-0.4, -0.2) is 71.9 Å². The maximum Gasteiger partial charge on any atom is 0.248 e. The maximum absolute atomic E-state index is 13.2. The monoisotopic (exact) mass is 531 g/mol. The summed E-state index contributed by atoms with van der Waals surface area (Å²) in [6.45, 7) is 8.00. The molecule has 200 valence electrons. The van der Waals surface area contributed by atoms with E-state index >= 15 is 0 Å². The zero-order chi connectivity index (χ0) is 26.5. The molecule has 0 spiro atoms. The van der Waals surface area contributed by atoms with Gasteiger partial charge in [0.05, 0.1) is 12.6 Å². The van der Waals surface area contributed by atoms with Crippen LogP contribution in [0, 0.1) is 6.92 Å². The van der Waals surface area contributed by atoms with E-state index in [1.807, 2.05) is 58.4 Å². The summed E-state index contributed by atoms with van der Waals surface area (Å²) in [4.78, 5) is 33.7. The number of hydrogen-bond donors (Lipinski definition) is 0. The number of nitrogens with zero attached hydrogens (tertiary/aromatic N) is 3. The van der Waals surface area contributed by atoms with Gasteiger partial charge in [0, 0.05) is 50.1 Å². The van der Waals surface area contributed by atoms with Crippen molar-refractivity contribution in [2.45, 2.75) is 45.4 Å². The zero-order valence-electron chi connectivity index (χ0n) is 22.3. The molecule has 2 aliphatic heterocycles. The molecule has 2 amide bonds. The fourth-order valence-corrected chi connectivity index (χ4v) is 6.52. The number of fused-ring (bicyclic) bond motifs is 1. The normalized spacial score (nSPS) is 19.8. The van der Waals surface area contributed by atoms with E-state index in [2.05, 4.69) is 47.5 Å². The lowest BCUT2D eigenvalue weighted by Gasteiger charge is -2.40. The maximum atomic E-state index is 13.2. The van der Waals surface area contributed by atoms with E-state index in [4.69, 9.17) is 4.74 Å². The molecule has 1 aromatic heterocycles. The highest BCUT2D eigenvalue weighted by molar-refractivity contribution is 7.10. The summed E-state index contributed by atoms with van der Waals surface area (Å²) in [5.41, 5.74) is 4.98. The van der Waals surface area contributed by atoms with Crippen molar-refractivity contribution in [3.8, 4) is 0 Å². The molecule has 7 heteroatoms. The van der Waals surface area contributed by atoms with Crippen LogP contribution in [0.2, 0.25) is 0 Å². The van der Waals surface area contributed by atoms with Gasteiger partial charge in [-0.15, -0.1) is 11.3 Å². The third-order valence-corrected chi connectivity index (χ3v) is 8.71. The van der Waals surface area contributed by atoms with E-state index in [-0.39, 0.29) is 30.5 Å². The van der Waals surface area contributed by atoms with Crippen LogP contribution in [0.15, 0.2) is 66.0 Å². The third kappa shape index (κ3) is 6.17. The Kier molecular flexibility index (Phi) is 8.57. The van der Waals surface area contributed by atoms with E-state index in [0.29, 0.717) is 32.7 Å². The second-order valence-electron chi connectivity index (χ2n) is 10.4. The number of rotatable bonds is 8. The molecule has 1 saturated heterocycles. The van der Waals surface area contributed by atoms with Crippen LogP contribution in [0.4, 0.5) is 0 Å². The number of ether oxygens (including phenoxy) is 1. The van der Waals surface area contributed by atoms with Gasteiger partial charge >= 0.3 is 0 Å². The van der Waals surface area contributed by atoms with Gasteiger partial charge in [-0.25, -0.2) is 0 Å². The lowest BCUT2D eigenvalue weighted by atomic mass is 9.92. The summed E-state index contributed by atoms with van der Waals surface area (Å²) < 4.78 is 5.66. The van der Waals surface area contributed by atoms with Crippen molar-refractivity contribution < 1.29 is 14.3 Å². The summed E-state index contributed by atoms with van der Waals surface area (Å²) >= 11 is 1.84. The molecule has 5 rings (SSSR count). The first-order valence-electron chi connectivity index (χ1n) is 13.6. The molecule has 0 N–H and O–H groups in total. The Morgan fingerprint density at radius 1 is 0.974 bits per heavy atom. The second-order valence-corrected chi connectivity index (χ2v) is 11.4. The molecule has 1 fully saturated rings. The molecule has 0 unspecified atom stereocenters. The molecule has 38 heavy (non-hydrogen) atoms. The lowest BCUT2D eigenvalue weighted by molar-refractivity contribution is -0.146. The van der Waals surface area contributed by atoms with Gasteiger partial charge in [0.25, 0.3) is 0 Å². The topological polar surface area (TPSA) is 53.1 Å². The average molecular weight is 532 g/mol. The number of carbonyl (C=O) groups excluding carboxylic acids is 2. The van der Waals surface area contributed by atoms with Crippen molar-refractivity contribution in [3.63, 3.8) is 0 Å². The lowest BCUT2D eigenvalue weighted by Crippen LogP contribution is -2.56. The van der Waals surface area contributed by atoms with Crippen LogP contribution < -0.4 is 0 Å². The quantitative estimate of drug-likeness (QED) is 0.424. The smallest absolute Gasteiger partial charge is 0.248 e. The van der Waals surface area contributed by atoms with Crippen molar-refractivity contribution >= 4 is 23.2 Å². The van der Waals surface area contributed by atoms with E-state index in [1.54, 1.807) is 0 Å². The number of thiophene rings is 1. The highest BCUT2D eigenvalue weighted by Crippen LogP contribution is 2.37. The summed E-state index contributed by atoms with van der Waals surface area (Å²) in [6, 6.07) is 21.1. The molecule has 0 aliphatic carbocycles. The Bertz CT molecular complexity index is 1230. The molecule has 2 aliphatic rings. The van der Waals surface area contributed by atoms with Gasteiger partial charge in [-0.05, 0) is 48.4 Å². The fourth-order valence-electron chi connectivity index (χ4n) is 5.61. The SMILES string of the molecule is Cc1ccc([C@H]2c3ccsc3CCN2CCC(=O)N2CCN(C(=O)COCc3ccccc3)[C@@H](C)C2)cc1. The Morgan fingerprint density at radius 2 is 1.76 bits per heavy atom. The summed E-state index contributed by atoms with van der Waals surface area (Å²) in [6.07, 6.45) is 1.52. The van der Waals surface area contributed by atoms with E-state index in [1.165, 1.54) is 21.6 Å². The number of benzene rings is 2. The molecule has 0 bridgehead atoms. The van der Waals surface area contributed by atoms with Crippen molar-refractivity contribution in [3.05, 3.63) is 93.2 Å². The molecular weight excluding hydrogens is 494 g/mol. The predicted molar refractivity (Wildman–Crippen MR) is 151 cm³/mol. The van der Waals surface area contributed by atoms with E-state index in [9.17, 15) is 9.59 Å². The number of amides is 2. The second kappa shape index (κ2) is 12.2. The minimum absolute atomic E-state index is 0.0126. The molecule has 3 aromatic rings. The van der Waals surface area contributed by atoms with Gasteiger partial charge in [-0.3, -0.25) is 14.5 Å². The molecule has 2 aromatic carbocycles. The van der Waals surface area contributed by atoms with Crippen LogP contribution in [0.3, 0.4) is 0 Å². The van der Waals surface area contributed by atoms with Gasteiger partial charge in [-0.1, -0.05) is 60.2 Å². The molecule has 3 heterocycles. The number of hydrogen-bond acceptors (Lipinski definition) is 5. The first-order valence-corrected chi connectivity index (χ1v) is 14.4. The average Bonchev–Trinajstić information content (AvgIpc) is 3.41. The Labute approximate surface area is 229 Å². The molecule has 2 atom stereocenters. The Balaban J connectivity index is 1.13. The Hall–Kier alpha value is -3.00. The van der Waals surface area contributed by atoms with Crippen LogP contribution in [-0.2, 0) is 27.4 Å². The summed E-state index contributed by atoms with van der Waals surface area (Å²) in [5, 5.41) is 2.19. The van der Waals surface area contributed by atoms with Crippen LogP contribution >= 0.6 is 11.3 Å². The number of aryl methyl sites for hydroxylation is 1. The van der Waals surface area contributed by atoms with Crippen molar-refractivity contribution in [2.75, 3.05) is 39.3 Å². The number of carbonyl (C=O) groups is 2. The molecule has 6 nitrogen and oxygen atoms in total. The Morgan fingerprint density at radius 3 is 2.53 bits per heavy atom. The third-order valence-electron chi connectivity index (χ3n) is 7.71. The van der Waals surface area contributed by atoms with Crippen molar-refractivity contribution in [1.29, 1.82) is 0 Å². The van der Waals surface area contributed by atoms with E-state index < -0.39 is 0 Å². The van der Waals surface area contributed by atoms with Gasteiger partial charge in [-0.2, -0.15) is 0 Å². The fraction of sp³-hybridized carbons (Fsp3) is 0.419. The minimum Gasteiger partial charge on any atom is -0.367 e. The van der Waals surface area contributed by atoms with Crippen molar-refractivity contribution in [2.24, 2.45) is 0 Å². The van der Waals surface area contributed by atoms with Gasteiger partial charge < -0.3 is 14.5 Å².